The highest BCUT2D eigenvalue weighted by Crippen LogP contribution is 2.38. The van der Waals surface area contributed by atoms with Crippen molar-refractivity contribution in [2.24, 2.45) is 0 Å². The zero-order valence-electron chi connectivity index (χ0n) is 22.1. The first-order chi connectivity index (χ1) is 18.2. The molecule has 0 amide bonds. The molecule has 4 nitrogen and oxygen atoms in total. The Bertz CT molecular complexity index is 1310. The summed E-state index contributed by atoms with van der Waals surface area (Å²) in [6.45, 7) is 5.55. The molecule has 4 rings (SSSR count). The fraction of sp³-hybridized carbons (Fsp3) is 0.364. The molecule has 4 aromatic carbocycles. The zero-order chi connectivity index (χ0) is 25.9. The van der Waals surface area contributed by atoms with Gasteiger partial charge in [0.05, 0.1) is 13.2 Å². The predicted octanol–water partition coefficient (Wildman–Crippen LogP) is 9.13. The van der Waals surface area contributed by atoms with Gasteiger partial charge in [0.2, 0.25) is 0 Å². The summed E-state index contributed by atoms with van der Waals surface area (Å²) in [5, 5.41) is 3.74. The summed E-state index contributed by atoms with van der Waals surface area (Å²) < 4.78 is 18.5. The van der Waals surface area contributed by atoms with Crippen LogP contribution in [0.4, 0.5) is 0 Å². The van der Waals surface area contributed by atoms with Gasteiger partial charge < -0.3 is 14.2 Å². The molecule has 0 aromatic heterocycles. The molecule has 0 saturated carbocycles. The molecular weight excluding hydrogens is 460 g/mol. The van der Waals surface area contributed by atoms with E-state index < -0.39 is 5.97 Å². The molecule has 194 valence electrons. The molecule has 0 N–H and O–H groups in total. The Morgan fingerprint density at radius 1 is 0.622 bits per heavy atom. The van der Waals surface area contributed by atoms with Gasteiger partial charge in [-0.25, -0.2) is 4.79 Å². The first-order valence-electron chi connectivity index (χ1n) is 13.7. The van der Waals surface area contributed by atoms with Gasteiger partial charge >= 0.3 is 5.97 Å². The van der Waals surface area contributed by atoms with Gasteiger partial charge in [0.15, 0.2) is 0 Å². The van der Waals surface area contributed by atoms with Gasteiger partial charge in [-0.1, -0.05) is 113 Å². The molecule has 0 aliphatic rings. The number of rotatable bonds is 14. The van der Waals surface area contributed by atoms with Gasteiger partial charge in [-0.15, -0.1) is 0 Å². The van der Waals surface area contributed by atoms with Crippen molar-refractivity contribution in [1.82, 2.24) is 0 Å². The Morgan fingerprint density at radius 2 is 1.24 bits per heavy atom. The van der Waals surface area contributed by atoms with Crippen LogP contribution in [0.5, 0.6) is 17.2 Å². The first-order valence-corrected chi connectivity index (χ1v) is 13.7. The van der Waals surface area contributed by atoms with Crippen LogP contribution >= 0.6 is 0 Å². The summed E-state index contributed by atoms with van der Waals surface area (Å²) in [5.41, 5.74) is 0.394. The molecule has 0 heterocycles. The largest absolute Gasteiger partial charge is 0.493 e. The van der Waals surface area contributed by atoms with Crippen molar-refractivity contribution in [3.63, 3.8) is 0 Å². The van der Waals surface area contributed by atoms with E-state index in [2.05, 4.69) is 13.8 Å². The molecule has 0 bridgehead atoms. The monoisotopic (exact) mass is 498 g/mol. The predicted molar refractivity (Wildman–Crippen MR) is 152 cm³/mol. The number of hydrogen-bond acceptors (Lipinski definition) is 4. The number of unbranched alkanes of at least 4 members (excludes halogenated alkanes) is 6. The normalized spacial score (nSPS) is 11.1. The van der Waals surface area contributed by atoms with Gasteiger partial charge in [0, 0.05) is 16.2 Å². The molecule has 0 aliphatic carbocycles. The van der Waals surface area contributed by atoms with Gasteiger partial charge in [-0.05, 0) is 30.4 Å². The maximum atomic E-state index is 13.7. The van der Waals surface area contributed by atoms with E-state index in [1.807, 2.05) is 66.7 Å². The third-order valence-corrected chi connectivity index (χ3v) is 6.63. The standard InChI is InChI=1S/C33H38O4/c1-3-5-7-13-22-35-31-24-29(33(34)37-30-21-15-17-25-16-9-10-18-26(25)30)32(36-23-14-8-6-4-2)28-20-12-11-19-27(28)31/h9-12,15-21,24H,3-8,13-14,22-23H2,1-2H3. The first kappa shape index (κ1) is 26.5. The smallest absolute Gasteiger partial charge is 0.347 e. The van der Waals surface area contributed by atoms with Crippen molar-refractivity contribution in [1.29, 1.82) is 0 Å². The Hall–Kier alpha value is -3.53. The van der Waals surface area contributed by atoms with E-state index in [-0.39, 0.29) is 0 Å². The van der Waals surface area contributed by atoms with E-state index in [1.165, 1.54) is 19.3 Å². The summed E-state index contributed by atoms with van der Waals surface area (Å²) in [5.74, 6) is 1.35. The second kappa shape index (κ2) is 13.7. The number of benzene rings is 4. The van der Waals surface area contributed by atoms with E-state index in [1.54, 1.807) is 6.07 Å². The Balaban J connectivity index is 1.68. The molecule has 0 fully saturated rings. The number of carbonyl (C=O) groups is 1. The quantitative estimate of drug-likeness (QED) is 0.0987. The fourth-order valence-electron chi connectivity index (χ4n) is 4.60. The molecule has 0 saturated heterocycles. The average Bonchev–Trinajstić information content (AvgIpc) is 2.93. The van der Waals surface area contributed by atoms with Crippen LogP contribution in [0, 0.1) is 0 Å². The summed E-state index contributed by atoms with van der Waals surface area (Å²) in [4.78, 5) is 13.7. The number of esters is 1. The average molecular weight is 499 g/mol. The lowest BCUT2D eigenvalue weighted by Gasteiger charge is -2.18. The minimum atomic E-state index is -0.443. The SMILES string of the molecule is CCCCCCOc1cc(C(=O)Oc2cccc3ccccc23)c(OCCCCCC)c2ccccc12. The highest BCUT2D eigenvalue weighted by Gasteiger charge is 2.22. The fourth-order valence-corrected chi connectivity index (χ4v) is 4.60. The third-order valence-electron chi connectivity index (χ3n) is 6.63. The molecule has 0 unspecified atom stereocenters. The number of hydrogen-bond donors (Lipinski definition) is 0. The number of carbonyl (C=O) groups excluding carboxylic acids is 1. The third kappa shape index (κ3) is 6.82. The molecule has 0 aliphatic heterocycles. The molecule has 4 aromatic rings. The highest BCUT2D eigenvalue weighted by atomic mass is 16.5. The highest BCUT2D eigenvalue weighted by molar-refractivity contribution is 6.05. The molecule has 0 spiro atoms. The van der Waals surface area contributed by atoms with Crippen molar-refractivity contribution >= 4 is 27.5 Å². The maximum absolute atomic E-state index is 13.7. The van der Waals surface area contributed by atoms with Crippen LogP contribution in [-0.4, -0.2) is 19.2 Å². The minimum absolute atomic E-state index is 0.394. The summed E-state index contributed by atoms with van der Waals surface area (Å²) in [6, 6.07) is 23.4. The maximum Gasteiger partial charge on any atom is 0.347 e. The second-order valence-electron chi connectivity index (χ2n) is 9.48. The van der Waals surface area contributed by atoms with E-state index in [4.69, 9.17) is 14.2 Å². The van der Waals surface area contributed by atoms with E-state index in [0.29, 0.717) is 36.0 Å². The van der Waals surface area contributed by atoms with Crippen molar-refractivity contribution in [2.45, 2.75) is 65.2 Å². The van der Waals surface area contributed by atoms with Crippen molar-refractivity contribution in [3.05, 3.63) is 78.4 Å². The minimum Gasteiger partial charge on any atom is -0.493 e. The van der Waals surface area contributed by atoms with Crippen LogP contribution < -0.4 is 14.2 Å². The van der Waals surface area contributed by atoms with Gasteiger partial charge in [-0.3, -0.25) is 0 Å². The number of fused-ring (bicyclic) bond motifs is 2. The van der Waals surface area contributed by atoms with Crippen molar-refractivity contribution < 1.29 is 19.0 Å². The molecular formula is C33H38O4. The van der Waals surface area contributed by atoms with Crippen LogP contribution in [0.1, 0.15) is 75.6 Å². The topological polar surface area (TPSA) is 44.8 Å². The van der Waals surface area contributed by atoms with Gasteiger partial charge in [0.1, 0.15) is 22.8 Å². The van der Waals surface area contributed by atoms with E-state index >= 15 is 0 Å². The van der Waals surface area contributed by atoms with E-state index in [0.717, 1.165) is 53.6 Å². The van der Waals surface area contributed by atoms with Crippen LogP contribution in [0.25, 0.3) is 21.5 Å². The van der Waals surface area contributed by atoms with Crippen LogP contribution in [0.2, 0.25) is 0 Å². The van der Waals surface area contributed by atoms with Crippen molar-refractivity contribution in [3.8, 4) is 17.2 Å². The molecule has 37 heavy (non-hydrogen) atoms. The van der Waals surface area contributed by atoms with Crippen LogP contribution in [0.15, 0.2) is 72.8 Å². The molecule has 0 atom stereocenters. The summed E-state index contributed by atoms with van der Waals surface area (Å²) >= 11 is 0. The Labute approximate surface area is 220 Å². The second-order valence-corrected chi connectivity index (χ2v) is 9.48. The molecule has 4 heteroatoms. The Morgan fingerprint density at radius 3 is 1.97 bits per heavy atom. The zero-order valence-corrected chi connectivity index (χ0v) is 22.1. The summed E-state index contributed by atoms with van der Waals surface area (Å²) in [7, 11) is 0. The van der Waals surface area contributed by atoms with Crippen LogP contribution in [0.3, 0.4) is 0 Å². The summed E-state index contributed by atoms with van der Waals surface area (Å²) in [6.07, 6.45) is 8.85. The van der Waals surface area contributed by atoms with Crippen molar-refractivity contribution in [2.75, 3.05) is 13.2 Å². The lowest BCUT2D eigenvalue weighted by molar-refractivity contribution is 0.0732. The van der Waals surface area contributed by atoms with Crippen LogP contribution in [-0.2, 0) is 0 Å². The number of ether oxygens (including phenoxy) is 3. The van der Waals surface area contributed by atoms with Gasteiger partial charge in [-0.2, -0.15) is 0 Å². The van der Waals surface area contributed by atoms with E-state index in [9.17, 15) is 4.79 Å². The Kier molecular flexibility index (Phi) is 9.81. The van der Waals surface area contributed by atoms with Gasteiger partial charge in [0.25, 0.3) is 0 Å². The molecule has 0 radical (unpaired) electrons. The lowest BCUT2D eigenvalue weighted by Crippen LogP contribution is -2.13. The lowest BCUT2D eigenvalue weighted by atomic mass is 10.0.